The van der Waals surface area contributed by atoms with Crippen LogP contribution in [0.15, 0.2) is 49.0 Å². The molecule has 114 valence electrons. The fourth-order valence-electron chi connectivity index (χ4n) is 2.18. The van der Waals surface area contributed by atoms with Crippen LogP contribution < -0.4 is 9.47 Å². The Hall–Kier alpha value is -2.55. The van der Waals surface area contributed by atoms with E-state index in [1.54, 1.807) is 25.3 Å². The molecule has 3 nitrogen and oxygen atoms in total. The standard InChI is InChI=1S/C19H20O3/c1-4-15-11-19(22-13-14-9-7-6-8-10-14)18(21-3)12-16(15)17(20)5-2/h4,6-12H,1,5,13H2,2-3H3. The average Bonchev–Trinajstić information content (AvgIpc) is 2.59. The molecular formula is C19H20O3. The summed E-state index contributed by atoms with van der Waals surface area (Å²) in [6.07, 6.45) is 2.10. The minimum Gasteiger partial charge on any atom is -0.493 e. The summed E-state index contributed by atoms with van der Waals surface area (Å²) in [6, 6.07) is 13.4. The summed E-state index contributed by atoms with van der Waals surface area (Å²) in [4.78, 5) is 12.0. The van der Waals surface area contributed by atoms with Gasteiger partial charge in [0.1, 0.15) is 6.61 Å². The summed E-state index contributed by atoms with van der Waals surface area (Å²) < 4.78 is 11.2. The molecule has 2 aromatic rings. The molecular weight excluding hydrogens is 276 g/mol. The highest BCUT2D eigenvalue weighted by atomic mass is 16.5. The highest BCUT2D eigenvalue weighted by molar-refractivity contribution is 6.00. The van der Waals surface area contributed by atoms with E-state index in [-0.39, 0.29) is 5.78 Å². The van der Waals surface area contributed by atoms with Crippen molar-refractivity contribution in [1.82, 2.24) is 0 Å². The summed E-state index contributed by atoms with van der Waals surface area (Å²) in [7, 11) is 1.57. The molecule has 0 aliphatic carbocycles. The van der Waals surface area contributed by atoms with Gasteiger partial charge in [-0.3, -0.25) is 4.79 Å². The maximum atomic E-state index is 12.0. The topological polar surface area (TPSA) is 35.5 Å². The van der Waals surface area contributed by atoms with Crippen LogP contribution in [-0.2, 0) is 6.61 Å². The van der Waals surface area contributed by atoms with Gasteiger partial charge in [0.25, 0.3) is 0 Å². The van der Waals surface area contributed by atoms with E-state index in [9.17, 15) is 4.79 Å². The van der Waals surface area contributed by atoms with Crippen LogP contribution in [0.25, 0.3) is 6.08 Å². The lowest BCUT2D eigenvalue weighted by molar-refractivity contribution is 0.0987. The van der Waals surface area contributed by atoms with Crippen LogP contribution in [-0.4, -0.2) is 12.9 Å². The number of benzene rings is 2. The number of hydrogen-bond donors (Lipinski definition) is 0. The Bertz CT molecular complexity index is 660. The van der Waals surface area contributed by atoms with Crippen molar-refractivity contribution in [2.45, 2.75) is 20.0 Å². The summed E-state index contributed by atoms with van der Waals surface area (Å²) in [5.74, 6) is 1.22. The molecule has 0 bridgehead atoms. The molecule has 0 radical (unpaired) electrons. The summed E-state index contributed by atoms with van der Waals surface area (Å²) in [5, 5.41) is 0. The number of methoxy groups -OCH3 is 1. The normalized spacial score (nSPS) is 10.1. The maximum Gasteiger partial charge on any atom is 0.163 e. The van der Waals surface area contributed by atoms with Crippen LogP contribution in [0.2, 0.25) is 0 Å². The first kappa shape index (κ1) is 15.8. The van der Waals surface area contributed by atoms with Crippen LogP contribution in [0.4, 0.5) is 0 Å². The van der Waals surface area contributed by atoms with Crippen molar-refractivity contribution >= 4 is 11.9 Å². The van der Waals surface area contributed by atoms with Gasteiger partial charge in [0.15, 0.2) is 17.3 Å². The van der Waals surface area contributed by atoms with E-state index in [0.717, 1.165) is 11.1 Å². The van der Waals surface area contributed by atoms with Gasteiger partial charge in [-0.2, -0.15) is 0 Å². The monoisotopic (exact) mass is 296 g/mol. The molecule has 0 atom stereocenters. The fraction of sp³-hybridized carbons (Fsp3) is 0.211. The average molecular weight is 296 g/mol. The second-order valence-electron chi connectivity index (χ2n) is 4.85. The van der Waals surface area contributed by atoms with Crippen LogP contribution in [0.5, 0.6) is 11.5 Å². The van der Waals surface area contributed by atoms with E-state index in [4.69, 9.17) is 9.47 Å². The molecule has 22 heavy (non-hydrogen) atoms. The molecule has 2 rings (SSSR count). The van der Waals surface area contributed by atoms with Crippen LogP contribution in [0.3, 0.4) is 0 Å². The van der Waals surface area contributed by atoms with Gasteiger partial charge in [-0.15, -0.1) is 0 Å². The van der Waals surface area contributed by atoms with E-state index < -0.39 is 0 Å². The Balaban J connectivity index is 2.30. The summed E-state index contributed by atoms with van der Waals surface area (Å²) >= 11 is 0. The molecule has 0 fully saturated rings. The Kier molecular flexibility index (Phi) is 5.37. The number of carbonyl (C=O) groups excluding carboxylic acids is 1. The highest BCUT2D eigenvalue weighted by Gasteiger charge is 2.14. The largest absolute Gasteiger partial charge is 0.493 e. The van der Waals surface area contributed by atoms with Gasteiger partial charge in [-0.05, 0) is 23.3 Å². The number of ether oxygens (including phenoxy) is 2. The number of ketones is 1. The number of Topliss-reactive ketones (excluding diaryl/α,β-unsaturated/α-hetero) is 1. The lowest BCUT2D eigenvalue weighted by atomic mass is 10.0. The lowest BCUT2D eigenvalue weighted by Crippen LogP contribution is -2.03. The van der Waals surface area contributed by atoms with Crippen LogP contribution in [0.1, 0.15) is 34.8 Å². The third kappa shape index (κ3) is 3.55. The van der Waals surface area contributed by atoms with Gasteiger partial charge in [-0.1, -0.05) is 49.9 Å². The Labute approximate surface area is 131 Å². The van der Waals surface area contributed by atoms with E-state index in [1.165, 1.54) is 0 Å². The number of hydrogen-bond acceptors (Lipinski definition) is 3. The predicted octanol–water partition coefficient (Wildman–Crippen LogP) is 4.51. The second kappa shape index (κ2) is 7.46. The fourth-order valence-corrected chi connectivity index (χ4v) is 2.18. The molecule has 0 unspecified atom stereocenters. The van der Waals surface area contributed by atoms with Crippen molar-refractivity contribution in [2.24, 2.45) is 0 Å². The lowest BCUT2D eigenvalue weighted by Gasteiger charge is -2.14. The molecule has 0 aliphatic heterocycles. The summed E-state index contributed by atoms with van der Waals surface area (Å²) in [5.41, 5.74) is 2.44. The molecule has 0 aromatic heterocycles. The first-order valence-electron chi connectivity index (χ1n) is 7.24. The van der Waals surface area contributed by atoms with Gasteiger partial charge in [0.05, 0.1) is 7.11 Å². The van der Waals surface area contributed by atoms with Gasteiger partial charge >= 0.3 is 0 Å². The van der Waals surface area contributed by atoms with Crippen molar-refractivity contribution in [3.8, 4) is 11.5 Å². The molecule has 0 heterocycles. The molecule has 2 aromatic carbocycles. The highest BCUT2D eigenvalue weighted by Crippen LogP contribution is 2.32. The number of carbonyl (C=O) groups is 1. The minimum absolute atomic E-state index is 0.0582. The minimum atomic E-state index is 0.0582. The van der Waals surface area contributed by atoms with Crippen molar-refractivity contribution in [3.63, 3.8) is 0 Å². The van der Waals surface area contributed by atoms with Gasteiger partial charge in [-0.25, -0.2) is 0 Å². The van der Waals surface area contributed by atoms with E-state index in [1.807, 2.05) is 37.3 Å². The number of rotatable bonds is 7. The molecule has 3 heteroatoms. The molecule has 0 amide bonds. The Morgan fingerprint density at radius 3 is 2.50 bits per heavy atom. The molecule has 0 saturated heterocycles. The first-order chi connectivity index (χ1) is 10.7. The van der Waals surface area contributed by atoms with Crippen LogP contribution in [0, 0.1) is 0 Å². The molecule has 0 aliphatic rings. The third-order valence-corrected chi connectivity index (χ3v) is 3.41. The van der Waals surface area contributed by atoms with Gasteiger partial charge in [0.2, 0.25) is 0 Å². The van der Waals surface area contributed by atoms with Crippen LogP contribution >= 0.6 is 0 Å². The van der Waals surface area contributed by atoms with Crippen molar-refractivity contribution < 1.29 is 14.3 Å². The zero-order valence-corrected chi connectivity index (χ0v) is 13.0. The molecule has 0 saturated carbocycles. The third-order valence-electron chi connectivity index (χ3n) is 3.41. The first-order valence-corrected chi connectivity index (χ1v) is 7.24. The van der Waals surface area contributed by atoms with E-state index >= 15 is 0 Å². The molecule has 0 N–H and O–H groups in total. The zero-order chi connectivity index (χ0) is 15.9. The van der Waals surface area contributed by atoms with Gasteiger partial charge in [0, 0.05) is 12.0 Å². The molecule has 0 spiro atoms. The van der Waals surface area contributed by atoms with E-state index in [2.05, 4.69) is 6.58 Å². The van der Waals surface area contributed by atoms with Crippen molar-refractivity contribution in [3.05, 3.63) is 65.7 Å². The smallest absolute Gasteiger partial charge is 0.163 e. The Morgan fingerprint density at radius 2 is 1.91 bits per heavy atom. The predicted molar refractivity (Wildman–Crippen MR) is 88.5 cm³/mol. The van der Waals surface area contributed by atoms with E-state index in [0.29, 0.717) is 30.1 Å². The summed E-state index contributed by atoms with van der Waals surface area (Å²) in [6.45, 7) is 6.05. The Morgan fingerprint density at radius 1 is 1.18 bits per heavy atom. The SMILES string of the molecule is C=Cc1cc(OCc2ccccc2)c(OC)cc1C(=O)CC. The van der Waals surface area contributed by atoms with Gasteiger partial charge < -0.3 is 9.47 Å². The quantitative estimate of drug-likeness (QED) is 0.705. The second-order valence-corrected chi connectivity index (χ2v) is 4.85. The van der Waals surface area contributed by atoms with Crippen molar-refractivity contribution in [2.75, 3.05) is 7.11 Å². The zero-order valence-electron chi connectivity index (χ0n) is 13.0. The maximum absolute atomic E-state index is 12.0. The van der Waals surface area contributed by atoms with Crippen molar-refractivity contribution in [1.29, 1.82) is 0 Å².